The van der Waals surface area contributed by atoms with E-state index in [1.54, 1.807) is 0 Å². The van der Waals surface area contributed by atoms with Gasteiger partial charge in [-0.05, 0) is 6.85 Å². The van der Waals surface area contributed by atoms with Crippen molar-refractivity contribution in [2.45, 2.75) is 6.85 Å². The van der Waals surface area contributed by atoms with Crippen molar-refractivity contribution in [3.63, 3.8) is 0 Å². The van der Waals surface area contributed by atoms with Crippen LogP contribution in [0.1, 0.15) is 11.0 Å². The number of hydrogen-bond donors (Lipinski definition) is 2. The molecule has 9 heavy (non-hydrogen) atoms. The van der Waals surface area contributed by atoms with Crippen LogP contribution in [0.5, 0.6) is 0 Å². The van der Waals surface area contributed by atoms with E-state index >= 15 is 0 Å². The lowest BCUT2D eigenvalue weighted by Crippen LogP contribution is -2.19. The van der Waals surface area contributed by atoms with E-state index in [2.05, 4.69) is 0 Å². The monoisotopic (exact) mass is 130 g/mol. The minimum Gasteiger partial charge on any atom is -0.268 e. The van der Waals surface area contributed by atoms with Gasteiger partial charge in [-0.1, -0.05) is 0 Å². The average molecular weight is 130 g/mol. The lowest BCUT2D eigenvalue weighted by Gasteiger charge is -1.84. The third-order valence-electron chi connectivity index (χ3n) is 0.755. The van der Waals surface area contributed by atoms with Crippen LogP contribution in [0, 0.1) is 6.85 Å². The van der Waals surface area contributed by atoms with Crippen LogP contribution in [0.2, 0.25) is 0 Å². The smallest absolute Gasteiger partial charge is 0.265 e. The third-order valence-corrected chi connectivity index (χ3v) is 0.755. The summed E-state index contributed by atoms with van der Waals surface area (Å²) < 4.78 is 27.7. The van der Waals surface area contributed by atoms with Gasteiger partial charge in [-0.2, -0.15) is 0 Å². The van der Waals surface area contributed by atoms with Crippen molar-refractivity contribution in [2.24, 2.45) is 0 Å². The lowest BCUT2D eigenvalue weighted by molar-refractivity contribution is 0.934. The molecule has 1 aromatic rings. The van der Waals surface area contributed by atoms with Gasteiger partial charge in [-0.25, -0.2) is 0 Å². The maximum atomic E-state index is 10.9. The average Bonchev–Trinajstić information content (AvgIpc) is 1.95. The summed E-state index contributed by atoms with van der Waals surface area (Å²) in [5, 5.41) is 3.69. The minimum absolute atomic E-state index is 0.781. The molecule has 0 unspecified atom stereocenters. The van der Waals surface area contributed by atoms with Crippen molar-refractivity contribution in [3.05, 3.63) is 32.3 Å². The maximum Gasteiger partial charge on any atom is 0.265 e. The number of hydrogen-bond acceptors (Lipinski definition) is 2. The summed E-state index contributed by atoms with van der Waals surface area (Å²) in [6, 6.07) is -0.816. The first-order valence-corrected chi connectivity index (χ1v) is 2.16. The van der Waals surface area contributed by atoms with Crippen LogP contribution in [0.4, 0.5) is 0 Å². The first kappa shape index (κ1) is 2.51. The molecule has 0 saturated heterocycles. The van der Waals surface area contributed by atoms with Gasteiger partial charge in [0.1, 0.15) is 0 Å². The molecule has 0 aliphatic rings. The van der Waals surface area contributed by atoms with E-state index in [1.165, 1.54) is 0 Å². The van der Waals surface area contributed by atoms with Crippen molar-refractivity contribution >= 4 is 0 Å². The first-order chi connectivity index (χ1) is 5.84. The van der Waals surface area contributed by atoms with E-state index in [4.69, 9.17) is 5.48 Å². The fourth-order valence-electron chi connectivity index (χ4n) is 0.378. The molecule has 0 spiro atoms. The Bertz CT molecular complexity index is 429. The molecular formula is C5H6N2O2. The van der Waals surface area contributed by atoms with Crippen LogP contribution in [0.15, 0.2) is 15.6 Å². The van der Waals surface area contributed by atoms with Crippen LogP contribution in [0.25, 0.3) is 0 Å². The van der Waals surface area contributed by atoms with E-state index in [9.17, 15) is 9.59 Å². The normalized spacial score (nSPS) is 17.3. The van der Waals surface area contributed by atoms with E-state index in [0.29, 0.717) is 0 Å². The quantitative estimate of drug-likeness (QED) is 0.491. The summed E-state index contributed by atoms with van der Waals surface area (Å²) in [7, 11) is 0. The summed E-state index contributed by atoms with van der Waals surface area (Å²) >= 11 is 0. The van der Waals surface area contributed by atoms with Gasteiger partial charge in [-0.3, -0.25) is 19.8 Å². The van der Waals surface area contributed by atoms with Crippen LogP contribution < -0.4 is 11.1 Å². The van der Waals surface area contributed by atoms with Gasteiger partial charge in [0.2, 0.25) is 0 Å². The highest BCUT2D eigenvalue weighted by atomic mass is 16.1. The van der Waals surface area contributed by atoms with Crippen LogP contribution in [-0.2, 0) is 0 Å². The predicted octanol–water partition coefficient (Wildman–Crippen LogP) is -0.628. The zero-order valence-corrected chi connectivity index (χ0v) is 4.32. The van der Waals surface area contributed by atoms with Crippen molar-refractivity contribution in [1.29, 1.82) is 0 Å². The Labute approximate surface area is 56.1 Å². The fourth-order valence-corrected chi connectivity index (χ4v) is 0.378. The molecule has 1 rings (SSSR count). The van der Waals surface area contributed by atoms with Crippen molar-refractivity contribution in [2.75, 3.05) is 0 Å². The van der Waals surface area contributed by atoms with E-state index < -0.39 is 29.6 Å². The van der Waals surface area contributed by atoms with Gasteiger partial charge >= 0.3 is 0 Å². The van der Waals surface area contributed by atoms with Gasteiger partial charge in [-0.15, -0.1) is 0 Å². The topological polar surface area (TPSA) is 65.7 Å². The van der Waals surface area contributed by atoms with E-state index in [-0.39, 0.29) is 0 Å². The van der Waals surface area contributed by atoms with Gasteiger partial charge < -0.3 is 0 Å². The second-order valence-electron chi connectivity index (χ2n) is 1.41. The van der Waals surface area contributed by atoms with Crippen LogP contribution in [-0.4, -0.2) is 10.2 Å². The Balaban J connectivity index is 3.63. The largest absolute Gasteiger partial charge is 0.268 e. The molecule has 1 aromatic heterocycles. The molecular weight excluding hydrogens is 120 g/mol. The summed E-state index contributed by atoms with van der Waals surface area (Å²) in [6.45, 7) is -2.74. The Morgan fingerprint density at radius 3 is 3.00 bits per heavy atom. The second-order valence-corrected chi connectivity index (χ2v) is 1.41. The highest BCUT2D eigenvalue weighted by molar-refractivity contribution is 5.01. The first-order valence-electron chi connectivity index (χ1n) is 4.16. The molecule has 0 aliphatic carbocycles. The SMILES string of the molecule is [2H]c1c(C([2H])([2H])[2H])c(=O)[nH][nH]c1=O. The molecule has 0 amide bonds. The second kappa shape index (κ2) is 1.89. The summed E-state index contributed by atoms with van der Waals surface area (Å²) in [5.41, 5.74) is -2.67. The van der Waals surface area contributed by atoms with Crippen molar-refractivity contribution in [3.8, 4) is 0 Å². The van der Waals surface area contributed by atoms with Crippen LogP contribution >= 0.6 is 0 Å². The standard InChI is InChI=1S/C5H6N2O2/c1-3-2-4(8)6-7-5(3)9/h2H,1H3,(H,6,8)(H,7,9)/i1D3,2D. The lowest BCUT2D eigenvalue weighted by atomic mass is 10.3. The van der Waals surface area contributed by atoms with E-state index in [1.807, 2.05) is 10.2 Å². The van der Waals surface area contributed by atoms with Gasteiger partial charge in [0, 0.05) is 15.7 Å². The van der Waals surface area contributed by atoms with E-state index in [0.717, 1.165) is 0 Å². The van der Waals surface area contributed by atoms with Gasteiger partial charge in [0.15, 0.2) is 0 Å². The number of aromatic amines is 2. The molecule has 0 aromatic carbocycles. The number of aromatic nitrogens is 2. The van der Waals surface area contributed by atoms with Crippen molar-refractivity contribution < 1.29 is 5.48 Å². The predicted molar refractivity (Wildman–Crippen MR) is 32.4 cm³/mol. The molecule has 0 saturated carbocycles. The maximum absolute atomic E-state index is 10.9. The summed E-state index contributed by atoms with van der Waals surface area (Å²) in [6.07, 6.45) is 0. The number of rotatable bonds is 0. The number of nitrogens with one attached hydrogen (secondary N) is 2. The molecule has 48 valence electrons. The molecule has 0 fully saturated rings. The summed E-state index contributed by atoms with van der Waals surface area (Å²) in [4.78, 5) is 21.7. The molecule has 4 nitrogen and oxygen atoms in total. The zero-order valence-electron chi connectivity index (χ0n) is 8.32. The molecule has 1 heterocycles. The molecule has 0 atom stereocenters. The molecule has 4 heteroatoms. The highest BCUT2D eigenvalue weighted by Crippen LogP contribution is 1.72. The summed E-state index contributed by atoms with van der Waals surface area (Å²) in [5.74, 6) is 0. The Morgan fingerprint density at radius 1 is 1.67 bits per heavy atom. The Kier molecular flexibility index (Phi) is 0.527. The molecule has 0 aliphatic heterocycles. The minimum atomic E-state index is -2.74. The van der Waals surface area contributed by atoms with Crippen molar-refractivity contribution in [1.82, 2.24) is 10.2 Å². The molecule has 0 radical (unpaired) electrons. The third kappa shape index (κ3) is 1.07. The van der Waals surface area contributed by atoms with Gasteiger partial charge in [0.25, 0.3) is 11.1 Å². The van der Waals surface area contributed by atoms with Crippen LogP contribution in [0.3, 0.4) is 0 Å². The molecule has 0 bridgehead atoms. The number of H-pyrrole nitrogens is 2. The zero-order chi connectivity index (χ0) is 10.2. The fraction of sp³-hybridized carbons (Fsp3) is 0.200. The highest BCUT2D eigenvalue weighted by Gasteiger charge is 1.89. The molecule has 2 N–H and O–H groups in total. The Morgan fingerprint density at radius 2 is 2.44 bits per heavy atom. The van der Waals surface area contributed by atoms with Gasteiger partial charge in [0.05, 0.1) is 1.37 Å². The Hall–Kier alpha value is -1.32.